The summed E-state index contributed by atoms with van der Waals surface area (Å²) in [7, 11) is 1.50. The monoisotopic (exact) mass is 494 g/mol. The van der Waals surface area contributed by atoms with Gasteiger partial charge in [-0.05, 0) is 67.9 Å². The van der Waals surface area contributed by atoms with E-state index in [-0.39, 0.29) is 18.1 Å². The van der Waals surface area contributed by atoms with E-state index in [1.54, 1.807) is 35.0 Å². The molecule has 0 saturated carbocycles. The van der Waals surface area contributed by atoms with Gasteiger partial charge in [0.05, 0.1) is 25.6 Å². The Morgan fingerprint density at radius 2 is 1.92 bits per heavy atom. The summed E-state index contributed by atoms with van der Waals surface area (Å²) < 4.78 is 45.2. The molecule has 2 aromatic carbocycles. The van der Waals surface area contributed by atoms with Crippen molar-refractivity contribution < 1.29 is 27.5 Å². The number of aromatic nitrogens is 2. The van der Waals surface area contributed by atoms with Crippen LogP contribution in [0.25, 0.3) is 0 Å². The highest BCUT2D eigenvalue weighted by Gasteiger charge is 2.12. The van der Waals surface area contributed by atoms with Crippen molar-refractivity contribution in [2.45, 2.75) is 27.0 Å². The van der Waals surface area contributed by atoms with Crippen molar-refractivity contribution in [1.82, 2.24) is 15.2 Å². The molecule has 0 fully saturated rings. The Morgan fingerprint density at radius 1 is 1.11 bits per heavy atom. The number of benzene rings is 2. The number of furan rings is 1. The van der Waals surface area contributed by atoms with Gasteiger partial charge < -0.3 is 13.9 Å². The molecule has 0 unspecified atom stereocenters. The van der Waals surface area contributed by atoms with E-state index in [1.165, 1.54) is 19.4 Å². The van der Waals surface area contributed by atoms with E-state index >= 15 is 0 Å². The SMILES string of the molecule is COc1ccc(/C=N\NC(=O)c2ccc(Cn3nc(C)cc3C)o2)cc1COc1ccc(F)cc1F. The maximum Gasteiger partial charge on any atom is 0.307 e. The zero-order valence-electron chi connectivity index (χ0n) is 19.9. The van der Waals surface area contributed by atoms with Crippen LogP contribution < -0.4 is 14.9 Å². The number of nitrogens with zero attached hydrogens (tertiary/aromatic N) is 3. The smallest absolute Gasteiger partial charge is 0.307 e. The van der Waals surface area contributed by atoms with Crippen LogP contribution in [0.15, 0.2) is 64.1 Å². The van der Waals surface area contributed by atoms with E-state index in [0.29, 0.717) is 29.2 Å². The van der Waals surface area contributed by atoms with Gasteiger partial charge in [0.25, 0.3) is 0 Å². The van der Waals surface area contributed by atoms with E-state index in [2.05, 4.69) is 15.6 Å². The van der Waals surface area contributed by atoms with Gasteiger partial charge in [-0.25, -0.2) is 14.2 Å². The first-order valence-corrected chi connectivity index (χ1v) is 11.0. The Morgan fingerprint density at radius 3 is 2.64 bits per heavy atom. The summed E-state index contributed by atoms with van der Waals surface area (Å²) in [6.07, 6.45) is 1.44. The summed E-state index contributed by atoms with van der Waals surface area (Å²) >= 11 is 0. The van der Waals surface area contributed by atoms with Crippen molar-refractivity contribution in [1.29, 1.82) is 0 Å². The quantitative estimate of drug-likeness (QED) is 0.267. The molecule has 10 heteroatoms. The van der Waals surface area contributed by atoms with Crippen molar-refractivity contribution in [3.63, 3.8) is 0 Å². The molecule has 2 heterocycles. The summed E-state index contributed by atoms with van der Waals surface area (Å²) in [5.74, 6) is -0.849. The number of carbonyl (C=O) groups is 1. The topological polar surface area (TPSA) is 90.9 Å². The van der Waals surface area contributed by atoms with E-state index in [0.717, 1.165) is 23.5 Å². The second-order valence-electron chi connectivity index (χ2n) is 7.98. The average molecular weight is 494 g/mol. The predicted molar refractivity (Wildman–Crippen MR) is 128 cm³/mol. The third-order valence-electron chi connectivity index (χ3n) is 5.26. The number of amides is 1. The molecule has 4 aromatic rings. The molecule has 4 rings (SSSR count). The van der Waals surface area contributed by atoms with Crippen LogP contribution in [0.5, 0.6) is 11.5 Å². The van der Waals surface area contributed by atoms with Crippen molar-refractivity contribution in [2.24, 2.45) is 5.10 Å². The summed E-state index contributed by atoms with van der Waals surface area (Å²) in [6, 6.07) is 13.5. The predicted octanol–water partition coefficient (Wildman–Crippen LogP) is 4.77. The van der Waals surface area contributed by atoms with Crippen molar-refractivity contribution in [3.05, 3.63) is 100 Å². The van der Waals surface area contributed by atoms with E-state index in [4.69, 9.17) is 13.9 Å². The Kier molecular flexibility index (Phi) is 7.43. The number of hydrogen-bond donors (Lipinski definition) is 1. The fourth-order valence-electron chi connectivity index (χ4n) is 3.53. The summed E-state index contributed by atoms with van der Waals surface area (Å²) in [6.45, 7) is 4.24. The minimum absolute atomic E-state index is 0.0236. The number of carbonyl (C=O) groups excluding carboxylic acids is 1. The Hall–Kier alpha value is -4.47. The molecule has 0 aliphatic rings. The number of halogens is 2. The number of aryl methyl sites for hydroxylation is 2. The normalized spacial score (nSPS) is 11.1. The highest BCUT2D eigenvalue weighted by Crippen LogP contribution is 2.24. The molecule has 8 nitrogen and oxygen atoms in total. The second kappa shape index (κ2) is 10.9. The molecule has 36 heavy (non-hydrogen) atoms. The first-order chi connectivity index (χ1) is 17.3. The van der Waals surface area contributed by atoms with Crippen LogP contribution in [0.3, 0.4) is 0 Å². The Bertz CT molecular complexity index is 1410. The molecule has 0 atom stereocenters. The van der Waals surface area contributed by atoms with E-state index in [1.807, 2.05) is 19.9 Å². The van der Waals surface area contributed by atoms with Gasteiger partial charge in [0.1, 0.15) is 23.9 Å². The van der Waals surface area contributed by atoms with Gasteiger partial charge in [-0.1, -0.05) is 0 Å². The summed E-state index contributed by atoms with van der Waals surface area (Å²) in [4.78, 5) is 12.4. The molecule has 2 aromatic heterocycles. The maximum atomic E-state index is 13.9. The molecular weight excluding hydrogens is 470 g/mol. The second-order valence-corrected chi connectivity index (χ2v) is 7.98. The lowest BCUT2D eigenvalue weighted by atomic mass is 10.1. The number of nitrogens with one attached hydrogen (secondary N) is 1. The third-order valence-corrected chi connectivity index (χ3v) is 5.26. The number of hydrogen-bond acceptors (Lipinski definition) is 6. The molecule has 0 radical (unpaired) electrons. The number of rotatable bonds is 9. The van der Waals surface area contributed by atoms with Crippen LogP contribution >= 0.6 is 0 Å². The van der Waals surface area contributed by atoms with Gasteiger partial charge in [-0.3, -0.25) is 9.48 Å². The lowest BCUT2D eigenvalue weighted by Crippen LogP contribution is -2.16. The number of hydrazone groups is 1. The van der Waals surface area contributed by atoms with E-state index < -0.39 is 17.5 Å². The molecule has 0 aliphatic heterocycles. The van der Waals surface area contributed by atoms with Crippen molar-refractivity contribution in [3.8, 4) is 11.5 Å². The van der Waals surface area contributed by atoms with Gasteiger partial charge >= 0.3 is 5.91 Å². The van der Waals surface area contributed by atoms with Crippen LogP contribution in [0.4, 0.5) is 8.78 Å². The first kappa shape index (κ1) is 24.6. The minimum atomic E-state index is -0.801. The van der Waals surface area contributed by atoms with Crippen molar-refractivity contribution >= 4 is 12.1 Å². The van der Waals surface area contributed by atoms with Gasteiger partial charge in [0.15, 0.2) is 17.3 Å². The molecule has 1 amide bonds. The minimum Gasteiger partial charge on any atom is -0.496 e. The van der Waals surface area contributed by atoms with Crippen molar-refractivity contribution in [2.75, 3.05) is 7.11 Å². The molecular formula is C26H24F2N4O4. The maximum absolute atomic E-state index is 13.9. The van der Waals surface area contributed by atoms with Crippen LogP contribution in [0, 0.1) is 25.5 Å². The fourth-order valence-corrected chi connectivity index (χ4v) is 3.53. The zero-order chi connectivity index (χ0) is 25.7. The Labute approximate surface area is 206 Å². The first-order valence-electron chi connectivity index (χ1n) is 11.0. The van der Waals surface area contributed by atoms with Gasteiger partial charge in [-0.15, -0.1) is 0 Å². The van der Waals surface area contributed by atoms with E-state index in [9.17, 15) is 13.6 Å². The third kappa shape index (κ3) is 5.96. The zero-order valence-corrected chi connectivity index (χ0v) is 19.9. The summed E-state index contributed by atoms with van der Waals surface area (Å²) in [5, 5.41) is 8.36. The number of ether oxygens (including phenoxy) is 2. The molecule has 0 spiro atoms. The van der Waals surface area contributed by atoms with Crippen LogP contribution in [0.2, 0.25) is 0 Å². The lowest BCUT2D eigenvalue weighted by Gasteiger charge is -2.11. The Balaban J connectivity index is 1.38. The fraction of sp³-hybridized carbons (Fsp3) is 0.192. The van der Waals surface area contributed by atoms with Crippen LogP contribution in [0.1, 0.15) is 38.8 Å². The van der Waals surface area contributed by atoms with Crippen LogP contribution in [-0.4, -0.2) is 29.0 Å². The highest BCUT2D eigenvalue weighted by atomic mass is 19.1. The number of methoxy groups -OCH3 is 1. The van der Waals surface area contributed by atoms with Gasteiger partial charge in [0.2, 0.25) is 0 Å². The average Bonchev–Trinajstić information content (AvgIpc) is 3.44. The lowest BCUT2D eigenvalue weighted by molar-refractivity contribution is 0.0925. The molecule has 186 valence electrons. The molecule has 1 N–H and O–H groups in total. The standard InChI is InChI=1S/C26H24F2N4O4/c1-16-10-17(2)32(31-16)14-21-6-9-25(36-21)26(33)30-29-13-18-4-7-23(34-3)19(11-18)15-35-24-8-5-20(27)12-22(24)28/h4-13H,14-15H2,1-3H3,(H,30,33)/b29-13-. The molecule has 0 aliphatic carbocycles. The summed E-state index contributed by atoms with van der Waals surface area (Å²) in [5.41, 5.74) is 5.57. The van der Waals surface area contributed by atoms with Crippen LogP contribution in [-0.2, 0) is 13.2 Å². The molecule has 0 bridgehead atoms. The van der Waals surface area contributed by atoms with Gasteiger partial charge in [-0.2, -0.15) is 10.2 Å². The highest BCUT2D eigenvalue weighted by molar-refractivity contribution is 5.92. The van der Waals surface area contributed by atoms with Gasteiger partial charge in [0, 0.05) is 17.3 Å². The largest absolute Gasteiger partial charge is 0.496 e. The molecule has 0 saturated heterocycles.